The van der Waals surface area contributed by atoms with Crippen LogP contribution in [0.3, 0.4) is 0 Å². The highest BCUT2D eigenvalue weighted by Crippen LogP contribution is 2.28. The summed E-state index contributed by atoms with van der Waals surface area (Å²) in [6.45, 7) is 4.56. The van der Waals surface area contributed by atoms with Crippen LogP contribution in [0.4, 0.5) is 10.1 Å². The summed E-state index contributed by atoms with van der Waals surface area (Å²) in [5, 5.41) is 0. The SMILES string of the molecule is COC(C)(C)CC1CN=C(N)N1c1ccccc1F. The molecule has 0 fully saturated rings. The lowest BCUT2D eigenvalue weighted by Gasteiger charge is -2.32. The zero-order valence-electron chi connectivity index (χ0n) is 11.6. The number of halogens is 1. The fourth-order valence-electron chi connectivity index (χ4n) is 2.32. The van der Waals surface area contributed by atoms with E-state index in [4.69, 9.17) is 10.5 Å². The Hall–Kier alpha value is -1.62. The molecule has 0 aliphatic carbocycles. The number of nitrogens with two attached hydrogens (primary N) is 1. The van der Waals surface area contributed by atoms with Gasteiger partial charge in [-0.05, 0) is 32.4 Å². The molecule has 4 nitrogen and oxygen atoms in total. The molecule has 1 atom stereocenters. The number of methoxy groups -OCH3 is 1. The number of ether oxygens (including phenoxy) is 1. The van der Waals surface area contributed by atoms with Gasteiger partial charge in [-0.3, -0.25) is 4.99 Å². The van der Waals surface area contributed by atoms with E-state index in [1.54, 1.807) is 30.2 Å². The van der Waals surface area contributed by atoms with Gasteiger partial charge in [0.2, 0.25) is 0 Å². The van der Waals surface area contributed by atoms with Crippen LogP contribution in [0.5, 0.6) is 0 Å². The standard InChI is InChI=1S/C14H20FN3O/c1-14(2,19-3)8-10-9-17-13(16)18(10)12-7-5-4-6-11(12)15/h4-7,10H,8-9H2,1-3H3,(H2,16,17). The summed E-state index contributed by atoms with van der Waals surface area (Å²) in [6.07, 6.45) is 0.724. The number of guanidine groups is 1. The van der Waals surface area contributed by atoms with Gasteiger partial charge in [-0.25, -0.2) is 4.39 Å². The summed E-state index contributed by atoms with van der Waals surface area (Å²) in [4.78, 5) is 5.99. The Balaban J connectivity index is 2.26. The minimum atomic E-state index is -0.297. The predicted molar refractivity (Wildman–Crippen MR) is 74.9 cm³/mol. The lowest BCUT2D eigenvalue weighted by molar-refractivity contribution is 0.0114. The van der Waals surface area contributed by atoms with Crippen LogP contribution in [-0.2, 0) is 4.74 Å². The second-order valence-electron chi connectivity index (χ2n) is 5.34. The number of hydrogen-bond acceptors (Lipinski definition) is 4. The van der Waals surface area contributed by atoms with Crippen LogP contribution in [0.1, 0.15) is 20.3 Å². The molecule has 0 spiro atoms. The first kappa shape index (κ1) is 13.8. The van der Waals surface area contributed by atoms with Gasteiger partial charge < -0.3 is 15.4 Å². The third-order valence-corrected chi connectivity index (χ3v) is 3.47. The topological polar surface area (TPSA) is 50.9 Å². The molecule has 0 saturated heterocycles. The average molecular weight is 265 g/mol. The van der Waals surface area contributed by atoms with Gasteiger partial charge in [0.05, 0.1) is 23.9 Å². The van der Waals surface area contributed by atoms with E-state index in [1.807, 2.05) is 13.8 Å². The average Bonchev–Trinajstić information content (AvgIpc) is 2.71. The smallest absolute Gasteiger partial charge is 0.196 e. The van der Waals surface area contributed by atoms with E-state index >= 15 is 0 Å². The molecule has 1 aromatic carbocycles. The molecule has 1 unspecified atom stereocenters. The molecule has 0 radical (unpaired) electrons. The van der Waals surface area contributed by atoms with Gasteiger partial charge in [0, 0.05) is 7.11 Å². The van der Waals surface area contributed by atoms with Crippen LogP contribution in [-0.4, -0.2) is 31.3 Å². The van der Waals surface area contributed by atoms with E-state index in [2.05, 4.69) is 4.99 Å². The van der Waals surface area contributed by atoms with Crippen LogP contribution in [0, 0.1) is 5.82 Å². The van der Waals surface area contributed by atoms with E-state index in [0.717, 1.165) is 6.42 Å². The van der Waals surface area contributed by atoms with Gasteiger partial charge in [0.15, 0.2) is 5.96 Å². The van der Waals surface area contributed by atoms with Crippen LogP contribution in [0.15, 0.2) is 29.3 Å². The molecule has 0 amide bonds. The van der Waals surface area contributed by atoms with Gasteiger partial charge in [0.25, 0.3) is 0 Å². The van der Waals surface area contributed by atoms with Gasteiger partial charge in [0.1, 0.15) is 5.82 Å². The van der Waals surface area contributed by atoms with Gasteiger partial charge in [-0.1, -0.05) is 12.1 Å². The molecule has 104 valence electrons. The molecule has 0 aromatic heterocycles. The highest BCUT2D eigenvalue weighted by atomic mass is 19.1. The van der Waals surface area contributed by atoms with E-state index in [9.17, 15) is 4.39 Å². The number of rotatable bonds is 4. The Morgan fingerprint density at radius 3 is 2.79 bits per heavy atom. The van der Waals surface area contributed by atoms with E-state index in [0.29, 0.717) is 18.2 Å². The van der Waals surface area contributed by atoms with Crippen LogP contribution >= 0.6 is 0 Å². The number of aliphatic imine (C=N–C) groups is 1. The summed E-state index contributed by atoms with van der Waals surface area (Å²) in [5.41, 5.74) is 6.07. The van der Waals surface area contributed by atoms with Gasteiger partial charge in [-0.2, -0.15) is 0 Å². The fraction of sp³-hybridized carbons (Fsp3) is 0.500. The van der Waals surface area contributed by atoms with Crippen molar-refractivity contribution in [2.24, 2.45) is 10.7 Å². The zero-order chi connectivity index (χ0) is 14.0. The van der Waals surface area contributed by atoms with Crippen molar-refractivity contribution in [2.45, 2.75) is 31.9 Å². The molecule has 1 heterocycles. The van der Waals surface area contributed by atoms with Crippen molar-refractivity contribution in [3.8, 4) is 0 Å². The Kier molecular flexibility index (Phi) is 3.75. The summed E-state index contributed by atoms with van der Waals surface area (Å²) >= 11 is 0. The number of anilines is 1. The number of para-hydroxylation sites is 1. The first-order valence-corrected chi connectivity index (χ1v) is 6.33. The number of nitrogens with zero attached hydrogens (tertiary/aromatic N) is 2. The normalized spacial score (nSPS) is 19.7. The largest absolute Gasteiger partial charge is 0.379 e. The van der Waals surface area contributed by atoms with Crippen molar-refractivity contribution >= 4 is 11.6 Å². The molecule has 0 bridgehead atoms. The highest BCUT2D eigenvalue weighted by molar-refractivity contribution is 5.97. The monoisotopic (exact) mass is 265 g/mol. The molecule has 2 rings (SSSR count). The van der Waals surface area contributed by atoms with Crippen molar-refractivity contribution in [1.82, 2.24) is 0 Å². The molecule has 1 aliphatic heterocycles. The zero-order valence-corrected chi connectivity index (χ0v) is 11.6. The molecule has 1 aromatic rings. The minimum Gasteiger partial charge on any atom is -0.379 e. The Morgan fingerprint density at radius 1 is 1.47 bits per heavy atom. The summed E-state index contributed by atoms with van der Waals surface area (Å²) < 4.78 is 19.4. The van der Waals surface area contributed by atoms with Crippen LogP contribution in [0.2, 0.25) is 0 Å². The van der Waals surface area contributed by atoms with Crippen molar-refractivity contribution < 1.29 is 9.13 Å². The van der Waals surface area contributed by atoms with Crippen LogP contribution < -0.4 is 10.6 Å². The van der Waals surface area contributed by atoms with E-state index in [-0.39, 0.29) is 17.5 Å². The molecule has 0 saturated carbocycles. The quantitative estimate of drug-likeness (QED) is 0.907. The predicted octanol–water partition coefficient (Wildman–Crippen LogP) is 2.14. The third-order valence-electron chi connectivity index (χ3n) is 3.47. The summed E-state index contributed by atoms with van der Waals surface area (Å²) in [5.74, 6) is 0.0739. The maximum atomic E-state index is 13.9. The van der Waals surface area contributed by atoms with Crippen molar-refractivity contribution in [2.75, 3.05) is 18.6 Å². The molecular formula is C14H20FN3O. The van der Waals surface area contributed by atoms with E-state index in [1.165, 1.54) is 6.07 Å². The van der Waals surface area contributed by atoms with E-state index < -0.39 is 0 Å². The summed E-state index contributed by atoms with van der Waals surface area (Å²) in [7, 11) is 1.67. The molecular weight excluding hydrogens is 245 g/mol. The maximum Gasteiger partial charge on any atom is 0.196 e. The lowest BCUT2D eigenvalue weighted by atomic mass is 9.98. The van der Waals surface area contributed by atoms with Crippen molar-refractivity contribution in [1.29, 1.82) is 0 Å². The lowest BCUT2D eigenvalue weighted by Crippen LogP contribution is -2.45. The van der Waals surface area contributed by atoms with Gasteiger partial charge >= 0.3 is 0 Å². The second kappa shape index (κ2) is 5.17. The first-order chi connectivity index (χ1) is 8.94. The third kappa shape index (κ3) is 2.87. The molecule has 19 heavy (non-hydrogen) atoms. The number of benzene rings is 1. The molecule has 5 heteroatoms. The first-order valence-electron chi connectivity index (χ1n) is 6.33. The summed E-state index contributed by atoms with van der Waals surface area (Å²) in [6, 6.07) is 6.63. The van der Waals surface area contributed by atoms with Crippen molar-refractivity contribution in [3.05, 3.63) is 30.1 Å². The van der Waals surface area contributed by atoms with Gasteiger partial charge in [-0.15, -0.1) is 0 Å². The molecule has 1 aliphatic rings. The maximum absolute atomic E-state index is 13.9. The molecule has 2 N–H and O–H groups in total. The van der Waals surface area contributed by atoms with Crippen LogP contribution in [0.25, 0.3) is 0 Å². The second-order valence-corrected chi connectivity index (χ2v) is 5.34. The number of hydrogen-bond donors (Lipinski definition) is 1. The Bertz CT molecular complexity index is 487. The minimum absolute atomic E-state index is 0.0202. The Labute approximate surface area is 113 Å². The van der Waals surface area contributed by atoms with Crippen molar-refractivity contribution in [3.63, 3.8) is 0 Å². The Morgan fingerprint density at radius 2 is 2.16 bits per heavy atom. The fourth-order valence-corrected chi connectivity index (χ4v) is 2.32. The highest BCUT2D eigenvalue weighted by Gasteiger charge is 2.33.